The van der Waals surface area contributed by atoms with Crippen LogP contribution in [0.5, 0.6) is 0 Å². The molecule has 1 aromatic rings. The zero-order chi connectivity index (χ0) is 15.1. The van der Waals surface area contributed by atoms with E-state index in [0.717, 1.165) is 5.75 Å². The molecule has 0 aromatic heterocycles. The fraction of sp³-hybridized carbons (Fsp3) is 0.500. The van der Waals surface area contributed by atoms with Crippen molar-refractivity contribution in [1.29, 1.82) is 0 Å². The topological polar surface area (TPSA) is 58.4 Å². The molecule has 0 spiro atoms. The van der Waals surface area contributed by atoms with Crippen molar-refractivity contribution in [3.05, 3.63) is 24.0 Å². The van der Waals surface area contributed by atoms with E-state index in [1.807, 2.05) is 7.05 Å². The molecule has 1 unspecified atom stereocenters. The summed E-state index contributed by atoms with van der Waals surface area (Å²) in [5, 5.41) is 2.70. The smallest absolute Gasteiger partial charge is 0.225 e. The number of carbonyl (C=O) groups excluding carboxylic acids is 1. The minimum absolute atomic E-state index is 0.119. The lowest BCUT2D eigenvalue weighted by molar-refractivity contribution is -0.116. The van der Waals surface area contributed by atoms with Gasteiger partial charge in [0.05, 0.1) is 11.4 Å². The Morgan fingerprint density at radius 3 is 2.85 bits per heavy atom. The average molecular weight is 299 g/mol. The Balaban J connectivity index is 2.44. The number of hydrogen-bond donors (Lipinski definition) is 2. The lowest BCUT2D eigenvalue weighted by Crippen LogP contribution is -2.33. The van der Waals surface area contributed by atoms with E-state index >= 15 is 0 Å². The average Bonchev–Trinajstić information content (AvgIpc) is 2.39. The number of nitrogens with zero attached hydrogens (tertiary/aromatic N) is 1. The van der Waals surface area contributed by atoms with Crippen LogP contribution >= 0.6 is 11.8 Å². The SMILES string of the molecule is CSCC(C)N(C)CCC(=O)Nc1ccc(F)cc1N. The molecular weight excluding hydrogens is 277 g/mol. The highest BCUT2D eigenvalue weighted by Gasteiger charge is 2.11. The molecule has 1 atom stereocenters. The normalized spacial score (nSPS) is 12.4. The Bertz CT molecular complexity index is 456. The number of halogens is 1. The first kappa shape index (κ1) is 16.8. The quantitative estimate of drug-likeness (QED) is 0.759. The molecular formula is C14H22FN3OS. The number of nitrogens with two attached hydrogens (primary N) is 1. The predicted molar refractivity (Wildman–Crippen MR) is 84.5 cm³/mol. The number of carbonyl (C=O) groups is 1. The molecule has 0 bridgehead atoms. The van der Waals surface area contributed by atoms with Crippen LogP contribution in [0.15, 0.2) is 18.2 Å². The van der Waals surface area contributed by atoms with Crippen molar-refractivity contribution >= 4 is 29.0 Å². The fourth-order valence-electron chi connectivity index (χ4n) is 1.73. The number of amides is 1. The Hall–Kier alpha value is -1.27. The van der Waals surface area contributed by atoms with Crippen molar-refractivity contribution in [3.63, 3.8) is 0 Å². The molecule has 1 amide bonds. The molecule has 3 N–H and O–H groups in total. The van der Waals surface area contributed by atoms with Gasteiger partial charge in [-0.05, 0) is 38.4 Å². The summed E-state index contributed by atoms with van der Waals surface area (Å²) in [6.45, 7) is 2.81. The lowest BCUT2D eigenvalue weighted by atomic mass is 10.2. The first-order valence-corrected chi connectivity index (χ1v) is 7.87. The van der Waals surface area contributed by atoms with E-state index in [0.29, 0.717) is 24.7 Å². The molecule has 0 fully saturated rings. The van der Waals surface area contributed by atoms with E-state index in [2.05, 4.69) is 23.4 Å². The highest BCUT2D eigenvalue weighted by Crippen LogP contribution is 2.19. The second-order valence-electron chi connectivity index (χ2n) is 4.81. The summed E-state index contributed by atoms with van der Waals surface area (Å²) in [5.41, 5.74) is 6.34. The van der Waals surface area contributed by atoms with Gasteiger partial charge in [-0.25, -0.2) is 4.39 Å². The van der Waals surface area contributed by atoms with E-state index < -0.39 is 5.82 Å². The molecule has 112 valence electrons. The zero-order valence-electron chi connectivity index (χ0n) is 12.1. The van der Waals surface area contributed by atoms with Crippen molar-refractivity contribution < 1.29 is 9.18 Å². The molecule has 20 heavy (non-hydrogen) atoms. The van der Waals surface area contributed by atoms with E-state index in [1.54, 1.807) is 11.8 Å². The van der Waals surface area contributed by atoms with Gasteiger partial charge in [-0.1, -0.05) is 0 Å². The zero-order valence-corrected chi connectivity index (χ0v) is 13.0. The van der Waals surface area contributed by atoms with Crippen molar-refractivity contribution in [2.75, 3.05) is 36.7 Å². The van der Waals surface area contributed by atoms with E-state index in [1.165, 1.54) is 18.2 Å². The number of nitrogens with one attached hydrogen (secondary N) is 1. The number of hydrogen-bond acceptors (Lipinski definition) is 4. The molecule has 0 radical (unpaired) electrons. The fourth-order valence-corrected chi connectivity index (χ4v) is 2.46. The maximum atomic E-state index is 12.9. The van der Waals surface area contributed by atoms with Crippen LogP contribution in [0.25, 0.3) is 0 Å². The van der Waals surface area contributed by atoms with Crippen molar-refractivity contribution in [1.82, 2.24) is 4.90 Å². The summed E-state index contributed by atoms with van der Waals surface area (Å²) in [6.07, 6.45) is 2.44. The van der Waals surface area contributed by atoms with Gasteiger partial charge in [0.2, 0.25) is 5.91 Å². The molecule has 0 aliphatic rings. The molecule has 0 saturated carbocycles. The Kier molecular flexibility index (Phi) is 6.81. The third kappa shape index (κ3) is 5.38. The van der Waals surface area contributed by atoms with Gasteiger partial charge in [0.15, 0.2) is 0 Å². The molecule has 1 rings (SSSR count). The summed E-state index contributed by atoms with van der Waals surface area (Å²) in [7, 11) is 2.00. The summed E-state index contributed by atoms with van der Waals surface area (Å²) >= 11 is 1.78. The molecule has 4 nitrogen and oxygen atoms in total. The van der Waals surface area contributed by atoms with Gasteiger partial charge < -0.3 is 16.0 Å². The van der Waals surface area contributed by atoms with Gasteiger partial charge in [-0.3, -0.25) is 4.79 Å². The molecule has 6 heteroatoms. The van der Waals surface area contributed by atoms with Crippen LogP contribution in [-0.2, 0) is 4.79 Å². The van der Waals surface area contributed by atoms with Crippen LogP contribution in [0.2, 0.25) is 0 Å². The van der Waals surface area contributed by atoms with Crippen molar-refractivity contribution in [2.24, 2.45) is 0 Å². The van der Waals surface area contributed by atoms with Crippen LogP contribution in [0.4, 0.5) is 15.8 Å². The number of thioether (sulfide) groups is 1. The minimum atomic E-state index is -0.411. The van der Waals surface area contributed by atoms with Gasteiger partial charge in [0.1, 0.15) is 5.82 Å². The number of benzene rings is 1. The maximum absolute atomic E-state index is 12.9. The van der Waals surface area contributed by atoms with E-state index in [9.17, 15) is 9.18 Å². The van der Waals surface area contributed by atoms with Gasteiger partial charge in [-0.15, -0.1) is 0 Å². The monoisotopic (exact) mass is 299 g/mol. The first-order valence-electron chi connectivity index (χ1n) is 6.48. The van der Waals surface area contributed by atoms with Crippen LogP contribution in [-0.4, -0.2) is 42.4 Å². The van der Waals surface area contributed by atoms with Crippen molar-refractivity contribution in [2.45, 2.75) is 19.4 Å². The van der Waals surface area contributed by atoms with E-state index in [4.69, 9.17) is 5.73 Å². The first-order chi connectivity index (χ1) is 9.43. The maximum Gasteiger partial charge on any atom is 0.225 e. The van der Waals surface area contributed by atoms with Crippen LogP contribution in [0.3, 0.4) is 0 Å². The van der Waals surface area contributed by atoms with Crippen LogP contribution in [0.1, 0.15) is 13.3 Å². The molecule has 1 aromatic carbocycles. The van der Waals surface area contributed by atoms with Gasteiger partial charge in [0.25, 0.3) is 0 Å². The third-order valence-corrected chi connectivity index (χ3v) is 3.96. The Labute approximate surface area is 123 Å². The Morgan fingerprint density at radius 2 is 2.25 bits per heavy atom. The molecule has 0 saturated heterocycles. The Morgan fingerprint density at radius 1 is 1.55 bits per heavy atom. The number of anilines is 2. The summed E-state index contributed by atoms with van der Waals surface area (Å²) in [5.74, 6) is 0.501. The van der Waals surface area contributed by atoms with E-state index in [-0.39, 0.29) is 11.6 Å². The highest BCUT2D eigenvalue weighted by molar-refractivity contribution is 7.98. The van der Waals surface area contributed by atoms with Gasteiger partial charge in [-0.2, -0.15) is 11.8 Å². The predicted octanol–water partition coefficient (Wildman–Crippen LogP) is 2.42. The molecule has 0 aliphatic carbocycles. The number of rotatable bonds is 7. The van der Waals surface area contributed by atoms with Crippen molar-refractivity contribution in [3.8, 4) is 0 Å². The van der Waals surface area contributed by atoms with Gasteiger partial charge >= 0.3 is 0 Å². The summed E-state index contributed by atoms with van der Waals surface area (Å²) in [6, 6.07) is 4.37. The third-order valence-electron chi connectivity index (χ3n) is 3.14. The van der Waals surface area contributed by atoms with Crippen LogP contribution < -0.4 is 11.1 Å². The second kappa shape index (κ2) is 8.11. The lowest BCUT2D eigenvalue weighted by Gasteiger charge is -2.23. The largest absolute Gasteiger partial charge is 0.397 e. The molecule has 0 heterocycles. The highest BCUT2D eigenvalue weighted by atomic mass is 32.2. The summed E-state index contributed by atoms with van der Waals surface area (Å²) in [4.78, 5) is 14.0. The minimum Gasteiger partial charge on any atom is -0.397 e. The summed E-state index contributed by atoms with van der Waals surface area (Å²) < 4.78 is 12.9. The van der Waals surface area contributed by atoms with Crippen LogP contribution in [0, 0.1) is 5.82 Å². The molecule has 0 aliphatic heterocycles. The number of nitrogen functional groups attached to an aromatic ring is 1. The second-order valence-corrected chi connectivity index (χ2v) is 5.73. The standard InChI is InChI=1S/C14H22FN3OS/c1-10(9-20-3)18(2)7-6-14(19)17-13-5-4-11(15)8-12(13)16/h4-5,8,10H,6-7,9,16H2,1-3H3,(H,17,19). The van der Waals surface area contributed by atoms with Gasteiger partial charge in [0, 0.05) is 24.8 Å².